The summed E-state index contributed by atoms with van der Waals surface area (Å²) in [6, 6.07) is 4.45. The molecule has 1 amide bonds. The van der Waals surface area contributed by atoms with Crippen LogP contribution in [-0.4, -0.2) is 72.2 Å². The van der Waals surface area contributed by atoms with Gasteiger partial charge in [-0.3, -0.25) is 9.79 Å². The van der Waals surface area contributed by atoms with E-state index >= 15 is 0 Å². The van der Waals surface area contributed by atoms with Crippen LogP contribution in [0.3, 0.4) is 0 Å². The Kier molecular flexibility index (Phi) is 6.15. The number of aliphatic imine (C=N–C) groups is 1. The molecule has 33 heavy (non-hydrogen) atoms. The van der Waals surface area contributed by atoms with Gasteiger partial charge in [0.2, 0.25) is 5.91 Å². The zero-order valence-corrected chi connectivity index (χ0v) is 19.0. The first-order valence-corrected chi connectivity index (χ1v) is 12.3. The maximum absolute atomic E-state index is 12.9. The van der Waals surface area contributed by atoms with E-state index in [9.17, 15) is 10.1 Å². The lowest BCUT2D eigenvalue weighted by Crippen LogP contribution is -2.57. The molecule has 3 saturated carbocycles. The Hall–Kier alpha value is -2.79. The fourth-order valence-corrected chi connectivity index (χ4v) is 4.99. The van der Waals surface area contributed by atoms with Gasteiger partial charge in [-0.2, -0.15) is 5.26 Å². The first kappa shape index (κ1) is 22.0. The van der Waals surface area contributed by atoms with E-state index in [4.69, 9.17) is 15.5 Å². The van der Waals surface area contributed by atoms with Gasteiger partial charge < -0.3 is 20.3 Å². The number of anilines is 1. The number of pyridine rings is 1. The molecule has 3 aliphatic carbocycles. The lowest BCUT2D eigenvalue weighted by atomic mass is 9.95. The molecule has 0 bridgehead atoms. The lowest BCUT2D eigenvalue weighted by Gasteiger charge is -2.43. The molecule has 0 aromatic carbocycles. The van der Waals surface area contributed by atoms with Crippen LogP contribution in [0.2, 0.25) is 0 Å². The molecule has 8 nitrogen and oxygen atoms in total. The number of hydrogen-bond donors (Lipinski definition) is 2. The Balaban J connectivity index is 1.44. The number of hydrogen-bond acceptors (Lipinski definition) is 7. The van der Waals surface area contributed by atoms with Crippen LogP contribution in [0.25, 0.3) is 0 Å². The Bertz CT molecular complexity index is 989. The average Bonchev–Trinajstić information content (AvgIpc) is 3.69. The number of carbonyl (C=O) groups is 1. The number of nitrogens with zero attached hydrogens (tertiary/aromatic N) is 5. The fraction of sp³-hybridized carbons (Fsp3) is 0.640. The zero-order valence-electron chi connectivity index (χ0n) is 19.0. The summed E-state index contributed by atoms with van der Waals surface area (Å²) in [5.41, 5.74) is 2.36. The number of nitriles is 1. The minimum Gasteiger partial charge on any atom is -0.394 e. The Labute approximate surface area is 194 Å². The van der Waals surface area contributed by atoms with Crippen molar-refractivity contribution in [3.8, 4) is 6.07 Å². The van der Waals surface area contributed by atoms with Crippen molar-refractivity contribution in [2.24, 2.45) is 16.8 Å². The van der Waals surface area contributed by atoms with E-state index in [1.807, 2.05) is 6.07 Å². The Morgan fingerprint density at radius 1 is 1.30 bits per heavy atom. The van der Waals surface area contributed by atoms with Gasteiger partial charge in [-0.1, -0.05) is 0 Å². The van der Waals surface area contributed by atoms with Gasteiger partial charge >= 0.3 is 0 Å². The summed E-state index contributed by atoms with van der Waals surface area (Å²) < 4.78 is 0. The zero-order chi connectivity index (χ0) is 22.9. The summed E-state index contributed by atoms with van der Waals surface area (Å²) in [4.78, 5) is 26.5. The van der Waals surface area contributed by atoms with E-state index in [1.165, 1.54) is 19.1 Å². The quantitative estimate of drug-likeness (QED) is 0.563. The molecule has 2 unspecified atom stereocenters. The highest BCUT2D eigenvalue weighted by molar-refractivity contribution is 5.90. The summed E-state index contributed by atoms with van der Waals surface area (Å²) in [6.07, 6.45) is 9.54. The van der Waals surface area contributed by atoms with Gasteiger partial charge in [0, 0.05) is 43.9 Å². The molecule has 1 aromatic rings. The summed E-state index contributed by atoms with van der Waals surface area (Å²) in [7, 11) is 0. The molecule has 4 fully saturated rings. The van der Waals surface area contributed by atoms with Crippen molar-refractivity contribution >= 4 is 24.2 Å². The van der Waals surface area contributed by atoms with Crippen molar-refractivity contribution < 1.29 is 9.90 Å². The third kappa shape index (κ3) is 4.65. The molecule has 1 aliphatic heterocycles. The highest BCUT2D eigenvalue weighted by atomic mass is 16.3. The second kappa shape index (κ2) is 9.22. The number of rotatable bonds is 9. The first-order valence-electron chi connectivity index (χ1n) is 12.3. The smallest absolute Gasteiger partial charge is 0.226 e. The third-order valence-electron chi connectivity index (χ3n) is 7.28. The van der Waals surface area contributed by atoms with E-state index in [1.54, 1.807) is 6.21 Å². The van der Waals surface area contributed by atoms with Gasteiger partial charge in [0.1, 0.15) is 11.9 Å². The number of amides is 1. The second-order valence-electron chi connectivity index (χ2n) is 9.85. The molecule has 2 N–H and O–H groups in total. The monoisotopic (exact) mass is 448 g/mol. The third-order valence-corrected chi connectivity index (χ3v) is 7.28. The Morgan fingerprint density at radius 3 is 2.70 bits per heavy atom. The molecule has 1 aromatic heterocycles. The van der Waals surface area contributed by atoms with Crippen LogP contribution in [0.4, 0.5) is 5.82 Å². The molecular weight excluding hydrogens is 416 g/mol. The normalized spacial score (nSPS) is 24.1. The average molecular weight is 449 g/mol. The van der Waals surface area contributed by atoms with Gasteiger partial charge in [0.15, 0.2) is 0 Å². The lowest BCUT2D eigenvalue weighted by molar-refractivity contribution is -0.135. The molecule has 0 radical (unpaired) electrons. The van der Waals surface area contributed by atoms with E-state index in [-0.39, 0.29) is 24.5 Å². The van der Waals surface area contributed by atoms with Gasteiger partial charge in [-0.05, 0) is 56.1 Å². The molecule has 2 atom stereocenters. The highest BCUT2D eigenvalue weighted by Gasteiger charge is 2.45. The maximum Gasteiger partial charge on any atom is 0.226 e. The van der Waals surface area contributed by atoms with Crippen LogP contribution in [0.1, 0.15) is 67.2 Å². The van der Waals surface area contributed by atoms with Crippen molar-refractivity contribution in [2.75, 3.05) is 37.7 Å². The number of piperazine rings is 1. The first-order chi connectivity index (χ1) is 16.1. The molecule has 174 valence electrons. The number of aromatic nitrogens is 1. The summed E-state index contributed by atoms with van der Waals surface area (Å²) in [5, 5.41) is 26.9. The van der Waals surface area contributed by atoms with E-state index in [2.05, 4.69) is 20.9 Å². The van der Waals surface area contributed by atoms with Crippen LogP contribution in [0.5, 0.6) is 0 Å². The number of aliphatic hydroxyl groups is 1. The van der Waals surface area contributed by atoms with Crippen LogP contribution in [0.15, 0.2) is 11.1 Å². The molecular formula is C25H32N6O2. The minimum absolute atomic E-state index is 0.0330. The van der Waals surface area contributed by atoms with Crippen molar-refractivity contribution in [1.29, 1.82) is 10.7 Å². The van der Waals surface area contributed by atoms with Crippen LogP contribution >= 0.6 is 0 Å². The summed E-state index contributed by atoms with van der Waals surface area (Å²) >= 11 is 0. The second-order valence-corrected chi connectivity index (χ2v) is 9.85. The molecule has 0 spiro atoms. The van der Waals surface area contributed by atoms with E-state index in [0.717, 1.165) is 49.3 Å². The van der Waals surface area contributed by atoms with Crippen molar-refractivity contribution in [2.45, 2.75) is 56.4 Å². The van der Waals surface area contributed by atoms with Crippen LogP contribution < -0.4 is 4.90 Å². The largest absolute Gasteiger partial charge is 0.394 e. The maximum atomic E-state index is 12.9. The van der Waals surface area contributed by atoms with Gasteiger partial charge in [-0.25, -0.2) is 4.98 Å². The highest BCUT2D eigenvalue weighted by Crippen LogP contribution is 2.44. The van der Waals surface area contributed by atoms with Gasteiger partial charge in [-0.15, -0.1) is 0 Å². The van der Waals surface area contributed by atoms with E-state index in [0.29, 0.717) is 42.9 Å². The predicted molar refractivity (Wildman–Crippen MR) is 126 cm³/mol. The summed E-state index contributed by atoms with van der Waals surface area (Å²) in [5.74, 6) is 1.85. The van der Waals surface area contributed by atoms with Crippen LogP contribution in [0, 0.1) is 28.6 Å². The van der Waals surface area contributed by atoms with Crippen molar-refractivity contribution in [3.63, 3.8) is 0 Å². The predicted octanol–water partition coefficient (Wildman–Crippen LogP) is 2.46. The molecule has 2 heterocycles. The summed E-state index contributed by atoms with van der Waals surface area (Å²) in [6.45, 7) is 2.39. The molecule has 5 rings (SSSR count). The van der Waals surface area contributed by atoms with E-state index < -0.39 is 0 Å². The van der Waals surface area contributed by atoms with Crippen LogP contribution in [-0.2, 0) is 4.79 Å². The number of aliphatic hydroxyl groups excluding tert-OH is 1. The fourth-order valence-electron chi connectivity index (χ4n) is 4.99. The topological polar surface area (TPSA) is 117 Å². The molecule has 4 aliphatic rings. The van der Waals surface area contributed by atoms with Crippen molar-refractivity contribution in [3.05, 3.63) is 22.9 Å². The standard InChI is InChI=1S/C25H32N6O2/c26-12-19-11-21(20(13-27)14-28-7-10-32)23(17-3-4-17)29-24(19)30-8-9-31(25(33)18-5-6-18)22(15-30)16-1-2-16/h11,13-14,16-18,20,22,27,32H,1-10,15H2. The molecule has 8 heteroatoms. The van der Waals surface area contributed by atoms with Crippen molar-refractivity contribution in [1.82, 2.24) is 9.88 Å². The minimum atomic E-state index is -0.354. The Morgan fingerprint density at radius 2 is 2.09 bits per heavy atom. The number of nitrogens with one attached hydrogen (secondary N) is 1. The number of carbonyl (C=O) groups excluding carboxylic acids is 1. The van der Waals surface area contributed by atoms with Gasteiger partial charge in [0.05, 0.1) is 36.4 Å². The SMILES string of the molecule is N#Cc1cc(C(C=N)C=NCCO)c(C2CC2)nc1N1CCN(C(=O)C2CC2)C(C2CC2)C1. The van der Waals surface area contributed by atoms with Gasteiger partial charge in [0.25, 0.3) is 0 Å². The molecule has 1 saturated heterocycles.